The van der Waals surface area contributed by atoms with Crippen LogP contribution in [0.15, 0.2) is 18.2 Å². The Bertz CT molecular complexity index is 411. The smallest absolute Gasteiger partial charge is 0.416 e. The SMILES string of the molecule is COc1ccc(C(F)(F)F)c(C2CCNCC2)c1. The highest BCUT2D eigenvalue weighted by Crippen LogP contribution is 2.39. The molecule has 0 saturated carbocycles. The van der Waals surface area contributed by atoms with Gasteiger partial charge in [-0.3, -0.25) is 0 Å². The van der Waals surface area contributed by atoms with Crippen LogP contribution in [-0.4, -0.2) is 20.2 Å². The zero-order chi connectivity index (χ0) is 13.2. The lowest BCUT2D eigenvalue weighted by molar-refractivity contribution is -0.138. The van der Waals surface area contributed by atoms with Crippen molar-refractivity contribution < 1.29 is 17.9 Å². The Morgan fingerprint density at radius 1 is 1.22 bits per heavy atom. The molecule has 18 heavy (non-hydrogen) atoms. The standard InChI is InChI=1S/C13H16F3NO/c1-18-10-2-3-12(13(14,15)16)11(8-10)9-4-6-17-7-5-9/h2-3,8-9,17H,4-7H2,1H3. The molecule has 2 nitrogen and oxygen atoms in total. The molecule has 1 aromatic rings. The second kappa shape index (κ2) is 5.18. The van der Waals surface area contributed by atoms with Gasteiger partial charge in [-0.1, -0.05) is 0 Å². The molecule has 1 fully saturated rings. The van der Waals surface area contributed by atoms with Gasteiger partial charge < -0.3 is 10.1 Å². The van der Waals surface area contributed by atoms with Crippen LogP contribution in [0.2, 0.25) is 0 Å². The van der Waals surface area contributed by atoms with Crippen molar-refractivity contribution in [3.05, 3.63) is 29.3 Å². The molecule has 2 rings (SSSR count). The Kier molecular flexibility index (Phi) is 3.80. The molecule has 1 saturated heterocycles. The summed E-state index contributed by atoms with van der Waals surface area (Å²) in [6, 6.07) is 4.02. The fraction of sp³-hybridized carbons (Fsp3) is 0.538. The van der Waals surface area contributed by atoms with Crippen LogP contribution < -0.4 is 10.1 Å². The summed E-state index contributed by atoms with van der Waals surface area (Å²) in [5, 5.41) is 3.16. The Morgan fingerprint density at radius 3 is 2.44 bits per heavy atom. The van der Waals surface area contributed by atoms with Crippen LogP contribution in [0.4, 0.5) is 13.2 Å². The van der Waals surface area contributed by atoms with E-state index < -0.39 is 11.7 Å². The van der Waals surface area contributed by atoms with E-state index in [9.17, 15) is 13.2 Å². The first-order valence-corrected chi connectivity index (χ1v) is 5.98. The van der Waals surface area contributed by atoms with E-state index in [1.807, 2.05) is 0 Å². The quantitative estimate of drug-likeness (QED) is 0.880. The number of hydrogen-bond acceptors (Lipinski definition) is 2. The lowest BCUT2D eigenvalue weighted by Gasteiger charge is -2.26. The van der Waals surface area contributed by atoms with Gasteiger partial charge in [0, 0.05) is 0 Å². The monoisotopic (exact) mass is 259 g/mol. The Hall–Kier alpha value is -1.23. The van der Waals surface area contributed by atoms with Gasteiger partial charge in [0.25, 0.3) is 0 Å². The molecule has 0 atom stereocenters. The van der Waals surface area contributed by atoms with Gasteiger partial charge in [-0.05, 0) is 55.6 Å². The molecule has 0 amide bonds. The molecule has 100 valence electrons. The zero-order valence-corrected chi connectivity index (χ0v) is 10.2. The first-order chi connectivity index (χ1) is 8.52. The molecule has 5 heteroatoms. The maximum Gasteiger partial charge on any atom is 0.416 e. The van der Waals surface area contributed by atoms with Crippen molar-refractivity contribution in [1.29, 1.82) is 0 Å². The highest BCUT2D eigenvalue weighted by molar-refractivity contribution is 5.39. The van der Waals surface area contributed by atoms with Crippen molar-refractivity contribution in [3.8, 4) is 5.75 Å². The number of ether oxygens (including phenoxy) is 1. The van der Waals surface area contributed by atoms with Gasteiger partial charge in [0.15, 0.2) is 0 Å². The Morgan fingerprint density at radius 2 is 1.89 bits per heavy atom. The molecule has 1 N–H and O–H groups in total. The minimum absolute atomic E-state index is 0.0435. The van der Waals surface area contributed by atoms with Gasteiger partial charge in [0.1, 0.15) is 5.75 Å². The molecule has 0 bridgehead atoms. The van der Waals surface area contributed by atoms with Crippen LogP contribution in [0.1, 0.15) is 29.9 Å². The van der Waals surface area contributed by atoms with E-state index in [4.69, 9.17) is 4.74 Å². The van der Waals surface area contributed by atoms with Crippen LogP contribution in [0, 0.1) is 0 Å². The fourth-order valence-corrected chi connectivity index (χ4v) is 2.40. The number of alkyl halides is 3. The topological polar surface area (TPSA) is 21.3 Å². The van der Waals surface area contributed by atoms with Crippen molar-refractivity contribution in [2.75, 3.05) is 20.2 Å². The summed E-state index contributed by atoms with van der Waals surface area (Å²) >= 11 is 0. The van der Waals surface area contributed by atoms with E-state index in [-0.39, 0.29) is 5.92 Å². The van der Waals surface area contributed by atoms with Gasteiger partial charge in [0.2, 0.25) is 0 Å². The summed E-state index contributed by atoms with van der Waals surface area (Å²) in [4.78, 5) is 0. The normalized spacial score (nSPS) is 17.8. The first kappa shape index (κ1) is 13.2. The third-order valence-corrected chi connectivity index (χ3v) is 3.34. The number of benzene rings is 1. The van der Waals surface area contributed by atoms with Crippen LogP contribution >= 0.6 is 0 Å². The second-order valence-electron chi connectivity index (χ2n) is 4.48. The van der Waals surface area contributed by atoms with E-state index in [1.54, 1.807) is 0 Å². The van der Waals surface area contributed by atoms with E-state index in [1.165, 1.54) is 19.2 Å². The minimum atomic E-state index is -4.30. The van der Waals surface area contributed by atoms with Crippen molar-refractivity contribution in [1.82, 2.24) is 5.32 Å². The second-order valence-corrected chi connectivity index (χ2v) is 4.48. The molecule has 1 aliphatic heterocycles. The van der Waals surface area contributed by atoms with Crippen LogP contribution in [-0.2, 0) is 6.18 Å². The third kappa shape index (κ3) is 2.77. The summed E-state index contributed by atoms with van der Waals surface area (Å²) in [5.74, 6) is 0.439. The van der Waals surface area contributed by atoms with Gasteiger partial charge in [-0.2, -0.15) is 13.2 Å². The maximum absolute atomic E-state index is 13.0. The molecule has 0 aliphatic carbocycles. The van der Waals surface area contributed by atoms with Gasteiger partial charge in [-0.25, -0.2) is 0 Å². The van der Waals surface area contributed by atoms with E-state index in [0.717, 1.165) is 32.0 Å². The Balaban J connectivity index is 2.40. The van der Waals surface area contributed by atoms with Crippen LogP contribution in [0.3, 0.4) is 0 Å². The number of hydrogen-bond donors (Lipinski definition) is 1. The largest absolute Gasteiger partial charge is 0.497 e. The summed E-state index contributed by atoms with van der Waals surface area (Å²) in [5.41, 5.74) is -0.168. The number of rotatable bonds is 2. The number of nitrogens with one attached hydrogen (secondary N) is 1. The third-order valence-electron chi connectivity index (χ3n) is 3.34. The number of piperidine rings is 1. The zero-order valence-electron chi connectivity index (χ0n) is 10.2. The van der Waals surface area contributed by atoms with Crippen molar-refractivity contribution >= 4 is 0 Å². The number of methoxy groups -OCH3 is 1. The molecular weight excluding hydrogens is 243 g/mol. The van der Waals surface area contributed by atoms with Gasteiger partial charge >= 0.3 is 6.18 Å². The summed E-state index contributed by atoms with van der Waals surface area (Å²) in [7, 11) is 1.47. The highest BCUT2D eigenvalue weighted by Gasteiger charge is 2.35. The van der Waals surface area contributed by atoms with E-state index >= 15 is 0 Å². The molecule has 0 spiro atoms. The predicted molar refractivity (Wildman–Crippen MR) is 62.8 cm³/mol. The Labute approximate surface area is 104 Å². The molecule has 0 aromatic heterocycles. The van der Waals surface area contributed by atoms with Gasteiger partial charge in [-0.15, -0.1) is 0 Å². The van der Waals surface area contributed by atoms with Crippen LogP contribution in [0.25, 0.3) is 0 Å². The average molecular weight is 259 g/mol. The van der Waals surface area contributed by atoms with Crippen LogP contribution in [0.5, 0.6) is 5.75 Å². The predicted octanol–water partition coefficient (Wildman–Crippen LogP) is 3.18. The van der Waals surface area contributed by atoms with Gasteiger partial charge in [0.05, 0.1) is 12.7 Å². The summed E-state index contributed by atoms with van der Waals surface area (Å²) in [6.07, 6.45) is -2.83. The maximum atomic E-state index is 13.0. The molecular formula is C13H16F3NO. The molecule has 0 radical (unpaired) electrons. The summed E-state index contributed by atoms with van der Waals surface area (Å²) < 4.78 is 44.0. The van der Waals surface area contributed by atoms with Crippen molar-refractivity contribution in [2.24, 2.45) is 0 Å². The molecule has 1 aromatic carbocycles. The van der Waals surface area contributed by atoms with Crippen molar-refractivity contribution in [3.63, 3.8) is 0 Å². The lowest BCUT2D eigenvalue weighted by atomic mass is 9.87. The average Bonchev–Trinajstić information content (AvgIpc) is 2.38. The molecule has 1 heterocycles. The van der Waals surface area contributed by atoms with Crippen molar-refractivity contribution in [2.45, 2.75) is 24.9 Å². The lowest BCUT2D eigenvalue weighted by Crippen LogP contribution is -2.27. The minimum Gasteiger partial charge on any atom is -0.497 e. The molecule has 1 aliphatic rings. The van der Waals surface area contributed by atoms with E-state index in [2.05, 4.69) is 5.32 Å². The molecule has 0 unspecified atom stereocenters. The number of halogens is 3. The summed E-state index contributed by atoms with van der Waals surface area (Å²) in [6.45, 7) is 1.53. The first-order valence-electron chi connectivity index (χ1n) is 5.98. The highest BCUT2D eigenvalue weighted by atomic mass is 19.4. The fourth-order valence-electron chi connectivity index (χ4n) is 2.40. The van der Waals surface area contributed by atoms with E-state index in [0.29, 0.717) is 11.3 Å².